The van der Waals surface area contributed by atoms with Crippen LogP contribution in [0, 0.1) is 5.92 Å². The fourth-order valence-electron chi connectivity index (χ4n) is 4.76. The highest BCUT2D eigenvalue weighted by Gasteiger charge is 2.22. The van der Waals surface area contributed by atoms with Gasteiger partial charge in [0.1, 0.15) is 5.65 Å². The molecule has 7 nitrogen and oxygen atoms in total. The van der Waals surface area contributed by atoms with Gasteiger partial charge in [0, 0.05) is 61.2 Å². The molecule has 3 aromatic rings. The van der Waals surface area contributed by atoms with Crippen LogP contribution in [0.3, 0.4) is 0 Å². The first kappa shape index (κ1) is 20.0. The van der Waals surface area contributed by atoms with Gasteiger partial charge in [-0.3, -0.25) is 9.36 Å². The number of nitrogens with one attached hydrogen (secondary N) is 2. The minimum atomic E-state index is 0.0251. The van der Waals surface area contributed by atoms with Crippen LogP contribution in [0.15, 0.2) is 47.4 Å². The molecule has 2 aromatic heterocycles. The van der Waals surface area contributed by atoms with Gasteiger partial charge in [0.25, 0.3) is 5.56 Å². The summed E-state index contributed by atoms with van der Waals surface area (Å²) in [5, 5.41) is 7.60. The van der Waals surface area contributed by atoms with E-state index in [0.29, 0.717) is 5.95 Å². The van der Waals surface area contributed by atoms with Gasteiger partial charge >= 0.3 is 0 Å². The highest BCUT2D eigenvalue weighted by atomic mass is 16.1. The molecule has 7 heteroatoms. The molecular formula is C24H30N6O. The Morgan fingerprint density at radius 1 is 1.00 bits per heavy atom. The summed E-state index contributed by atoms with van der Waals surface area (Å²) in [6.07, 6.45) is 6.17. The number of hydrogen-bond acceptors (Lipinski definition) is 6. The smallest absolute Gasteiger partial charge is 0.252 e. The van der Waals surface area contributed by atoms with Crippen molar-refractivity contribution in [3.05, 3.63) is 52.9 Å². The SMILES string of the molecule is CC1CCC(n2c(=O)ccc3cnc(Nc4ccc(N5CCNCC5)cc4)nc32)CC1. The molecule has 2 aliphatic rings. The first-order chi connectivity index (χ1) is 15.2. The summed E-state index contributed by atoms with van der Waals surface area (Å²) in [5.74, 6) is 1.25. The molecule has 2 fully saturated rings. The molecule has 0 bridgehead atoms. The third kappa shape index (κ3) is 4.28. The number of pyridine rings is 1. The van der Waals surface area contributed by atoms with Crippen LogP contribution in [-0.4, -0.2) is 40.7 Å². The predicted molar refractivity (Wildman–Crippen MR) is 125 cm³/mol. The van der Waals surface area contributed by atoms with E-state index >= 15 is 0 Å². The van der Waals surface area contributed by atoms with Gasteiger partial charge in [0.15, 0.2) is 0 Å². The number of fused-ring (bicyclic) bond motifs is 1. The zero-order valence-corrected chi connectivity index (χ0v) is 18.1. The van der Waals surface area contributed by atoms with E-state index in [1.807, 2.05) is 10.6 Å². The fraction of sp³-hybridized carbons (Fsp3) is 0.458. The number of piperazine rings is 1. The average Bonchev–Trinajstić information content (AvgIpc) is 2.81. The molecule has 2 N–H and O–H groups in total. The van der Waals surface area contributed by atoms with Gasteiger partial charge < -0.3 is 15.5 Å². The second kappa shape index (κ2) is 8.67. The highest BCUT2D eigenvalue weighted by molar-refractivity contribution is 5.76. The Morgan fingerprint density at radius 3 is 2.48 bits per heavy atom. The van der Waals surface area contributed by atoms with Gasteiger partial charge in [-0.25, -0.2) is 4.98 Å². The lowest BCUT2D eigenvalue weighted by Crippen LogP contribution is -2.43. The van der Waals surface area contributed by atoms with Crippen molar-refractivity contribution in [3.63, 3.8) is 0 Å². The number of benzene rings is 1. The first-order valence-electron chi connectivity index (χ1n) is 11.4. The van der Waals surface area contributed by atoms with Crippen LogP contribution >= 0.6 is 0 Å². The lowest BCUT2D eigenvalue weighted by atomic mass is 9.87. The predicted octanol–water partition coefficient (Wildman–Crippen LogP) is 3.70. The Labute approximate surface area is 182 Å². The van der Waals surface area contributed by atoms with Crippen molar-refractivity contribution >= 4 is 28.4 Å². The van der Waals surface area contributed by atoms with Gasteiger partial charge in [0.2, 0.25) is 5.95 Å². The van der Waals surface area contributed by atoms with Crippen LogP contribution < -0.4 is 21.1 Å². The molecule has 1 saturated heterocycles. The molecule has 162 valence electrons. The van der Waals surface area contributed by atoms with Crippen LogP contribution in [-0.2, 0) is 0 Å². The highest BCUT2D eigenvalue weighted by Crippen LogP contribution is 2.32. The third-order valence-corrected chi connectivity index (χ3v) is 6.62. The summed E-state index contributed by atoms with van der Waals surface area (Å²) in [7, 11) is 0. The molecule has 0 atom stereocenters. The fourth-order valence-corrected chi connectivity index (χ4v) is 4.76. The molecule has 1 aliphatic heterocycles. The number of aromatic nitrogens is 3. The molecule has 1 aliphatic carbocycles. The zero-order valence-electron chi connectivity index (χ0n) is 18.1. The summed E-state index contributed by atoms with van der Waals surface area (Å²) in [6.45, 7) is 6.38. The maximum absolute atomic E-state index is 12.7. The quantitative estimate of drug-likeness (QED) is 0.673. The molecule has 5 rings (SSSR count). The van der Waals surface area contributed by atoms with Crippen LogP contribution in [0.1, 0.15) is 38.6 Å². The summed E-state index contributed by atoms with van der Waals surface area (Å²) in [6, 6.07) is 12.1. The molecular weight excluding hydrogens is 388 g/mol. The number of rotatable bonds is 4. The largest absolute Gasteiger partial charge is 0.369 e. The van der Waals surface area contributed by atoms with Crippen LogP contribution in [0.25, 0.3) is 11.0 Å². The van der Waals surface area contributed by atoms with Crippen LogP contribution in [0.2, 0.25) is 0 Å². The molecule has 0 amide bonds. The molecule has 31 heavy (non-hydrogen) atoms. The van der Waals surface area contributed by atoms with Crippen LogP contribution in [0.5, 0.6) is 0 Å². The van der Waals surface area contributed by atoms with Crippen molar-refractivity contribution in [1.29, 1.82) is 0 Å². The standard InChI is InChI=1S/C24H30N6O/c1-17-2-7-21(8-3-17)30-22(31)11-4-18-16-26-24(28-23(18)30)27-19-5-9-20(10-6-19)29-14-12-25-13-15-29/h4-6,9-11,16-17,21,25H,2-3,7-8,12-15H2,1H3,(H,26,27,28). The summed E-state index contributed by atoms with van der Waals surface area (Å²) < 4.78 is 1.89. The normalized spacial score (nSPS) is 21.9. The Kier molecular flexibility index (Phi) is 5.59. The molecule has 0 unspecified atom stereocenters. The second-order valence-electron chi connectivity index (χ2n) is 8.84. The second-order valence-corrected chi connectivity index (χ2v) is 8.84. The molecule has 1 saturated carbocycles. The van der Waals surface area contributed by atoms with E-state index in [-0.39, 0.29) is 11.6 Å². The van der Waals surface area contributed by atoms with Crippen molar-refractivity contribution in [2.45, 2.75) is 38.6 Å². The maximum Gasteiger partial charge on any atom is 0.252 e. The summed E-state index contributed by atoms with van der Waals surface area (Å²) in [4.78, 5) is 24.4. The van der Waals surface area contributed by atoms with Crippen molar-refractivity contribution in [3.8, 4) is 0 Å². The van der Waals surface area contributed by atoms with Crippen molar-refractivity contribution in [2.24, 2.45) is 5.92 Å². The van der Waals surface area contributed by atoms with Crippen LogP contribution in [0.4, 0.5) is 17.3 Å². The van der Waals surface area contributed by atoms with Crippen molar-refractivity contribution in [1.82, 2.24) is 19.9 Å². The number of anilines is 3. The first-order valence-corrected chi connectivity index (χ1v) is 11.4. The van der Waals surface area contributed by atoms with E-state index in [4.69, 9.17) is 4.98 Å². The lowest BCUT2D eigenvalue weighted by molar-refractivity contribution is 0.289. The zero-order chi connectivity index (χ0) is 21.2. The number of hydrogen-bond donors (Lipinski definition) is 2. The Bertz CT molecular complexity index is 1100. The molecule has 0 spiro atoms. The Morgan fingerprint density at radius 2 is 1.74 bits per heavy atom. The van der Waals surface area contributed by atoms with E-state index in [2.05, 4.69) is 51.7 Å². The van der Waals surface area contributed by atoms with E-state index in [1.54, 1.807) is 12.3 Å². The van der Waals surface area contributed by atoms with Gasteiger partial charge in [-0.15, -0.1) is 0 Å². The van der Waals surface area contributed by atoms with Crippen molar-refractivity contribution < 1.29 is 0 Å². The molecule has 3 heterocycles. The molecule has 1 aromatic carbocycles. The summed E-state index contributed by atoms with van der Waals surface area (Å²) >= 11 is 0. The number of nitrogens with zero attached hydrogens (tertiary/aromatic N) is 4. The minimum Gasteiger partial charge on any atom is -0.369 e. The topological polar surface area (TPSA) is 75.1 Å². The van der Waals surface area contributed by atoms with E-state index in [0.717, 1.165) is 74.5 Å². The van der Waals surface area contributed by atoms with E-state index < -0.39 is 0 Å². The van der Waals surface area contributed by atoms with Gasteiger partial charge in [-0.2, -0.15) is 4.98 Å². The van der Waals surface area contributed by atoms with Gasteiger partial charge in [-0.05, 0) is 61.9 Å². The average molecular weight is 419 g/mol. The van der Waals surface area contributed by atoms with E-state index in [9.17, 15) is 4.79 Å². The maximum atomic E-state index is 12.7. The van der Waals surface area contributed by atoms with E-state index in [1.165, 1.54) is 5.69 Å². The Hall–Kier alpha value is -2.93. The van der Waals surface area contributed by atoms with Crippen molar-refractivity contribution in [2.75, 3.05) is 36.4 Å². The summed E-state index contributed by atoms with van der Waals surface area (Å²) in [5.41, 5.74) is 2.92. The molecule has 0 radical (unpaired) electrons. The third-order valence-electron chi connectivity index (χ3n) is 6.62. The Balaban J connectivity index is 1.40. The minimum absolute atomic E-state index is 0.0251. The van der Waals surface area contributed by atoms with Gasteiger partial charge in [-0.1, -0.05) is 6.92 Å². The lowest BCUT2D eigenvalue weighted by Gasteiger charge is -2.29. The monoisotopic (exact) mass is 418 g/mol. The van der Waals surface area contributed by atoms with Gasteiger partial charge in [0.05, 0.1) is 0 Å².